The van der Waals surface area contributed by atoms with Gasteiger partial charge in [-0.05, 0) is 19.1 Å². The maximum atomic E-state index is 12.1. The van der Waals surface area contributed by atoms with Crippen LogP contribution in [0.2, 0.25) is 0 Å². The van der Waals surface area contributed by atoms with E-state index in [4.69, 9.17) is 4.18 Å². The summed E-state index contributed by atoms with van der Waals surface area (Å²) in [5, 5.41) is 0. The summed E-state index contributed by atoms with van der Waals surface area (Å²) in [4.78, 5) is 1.66. The minimum atomic E-state index is -3.77. The molecule has 3 nitrogen and oxygen atoms in total. The molecule has 1 aromatic rings. The second-order valence-electron chi connectivity index (χ2n) is 5.07. The van der Waals surface area contributed by atoms with Crippen molar-refractivity contribution in [3.63, 3.8) is 0 Å². The predicted molar refractivity (Wildman–Crippen MR) is 75.9 cm³/mol. The Bertz CT molecular complexity index is 537. The van der Waals surface area contributed by atoms with Crippen molar-refractivity contribution in [1.29, 1.82) is 0 Å². The van der Waals surface area contributed by atoms with Gasteiger partial charge in [0.2, 0.25) is 0 Å². The summed E-state index contributed by atoms with van der Waals surface area (Å²) in [6.07, 6.45) is 0. The van der Waals surface area contributed by atoms with Crippen LogP contribution in [-0.4, -0.2) is 8.42 Å². The quantitative estimate of drug-likeness (QED) is 0.621. The molecule has 18 heavy (non-hydrogen) atoms. The second-order valence-corrected chi connectivity index (χ2v) is 7.08. The first kappa shape index (κ1) is 15.2. The molecule has 0 spiro atoms. The minimum Gasteiger partial charge on any atom is -0.382 e. The number of hydrogen-bond donors (Lipinski definition) is 0. The number of hydrogen-bond acceptors (Lipinski definition) is 3. The van der Waals surface area contributed by atoms with E-state index in [9.17, 15) is 8.42 Å². The summed E-state index contributed by atoms with van der Waals surface area (Å²) in [6, 6.07) is 6.56. The van der Waals surface area contributed by atoms with Gasteiger partial charge in [0.25, 0.3) is 0 Å². The zero-order valence-electron chi connectivity index (χ0n) is 10.9. The zero-order valence-corrected chi connectivity index (χ0v) is 13.3. The van der Waals surface area contributed by atoms with E-state index in [-0.39, 0.29) is 10.3 Å². The van der Waals surface area contributed by atoms with Crippen LogP contribution in [-0.2, 0) is 14.3 Å². The Labute approximate surface area is 117 Å². The van der Waals surface area contributed by atoms with Gasteiger partial charge in [0, 0.05) is 10.4 Å². The molecule has 0 radical (unpaired) electrons. The number of allylic oxidation sites excluding steroid dienone is 1. The van der Waals surface area contributed by atoms with E-state index in [1.807, 2.05) is 27.7 Å². The molecule has 0 aliphatic heterocycles. The highest BCUT2D eigenvalue weighted by atomic mass is 79.9. The Kier molecular flexibility index (Phi) is 4.61. The molecule has 0 unspecified atom stereocenters. The van der Waals surface area contributed by atoms with Gasteiger partial charge in [-0.1, -0.05) is 54.4 Å². The number of rotatable bonds is 3. The van der Waals surface area contributed by atoms with Gasteiger partial charge in [0.15, 0.2) is 0 Å². The van der Waals surface area contributed by atoms with Gasteiger partial charge in [-0.2, -0.15) is 8.42 Å². The van der Waals surface area contributed by atoms with Crippen molar-refractivity contribution in [2.24, 2.45) is 5.41 Å². The maximum Gasteiger partial charge on any atom is 0.338 e. The van der Waals surface area contributed by atoms with Crippen molar-refractivity contribution >= 4 is 26.0 Å². The first-order valence-corrected chi connectivity index (χ1v) is 7.81. The van der Waals surface area contributed by atoms with Gasteiger partial charge >= 0.3 is 10.1 Å². The molecule has 0 heterocycles. The second kappa shape index (κ2) is 5.45. The van der Waals surface area contributed by atoms with E-state index >= 15 is 0 Å². The van der Waals surface area contributed by atoms with E-state index in [2.05, 4.69) is 15.9 Å². The van der Waals surface area contributed by atoms with E-state index < -0.39 is 10.1 Å². The summed E-state index contributed by atoms with van der Waals surface area (Å²) in [5.74, 6) is 0.364. The standard InChI is InChI=1S/C13H17BrO3S/c1-10-5-7-11(8-6-10)18(15,16)17-12(9-14)13(2,3)4/h5-9H,1-4H3/b12-9+. The monoisotopic (exact) mass is 332 g/mol. The van der Waals surface area contributed by atoms with Gasteiger partial charge in [-0.15, -0.1) is 0 Å². The number of halogens is 1. The lowest BCUT2D eigenvalue weighted by Gasteiger charge is -2.21. The van der Waals surface area contributed by atoms with Crippen LogP contribution in [0.25, 0.3) is 0 Å². The van der Waals surface area contributed by atoms with Crippen LogP contribution in [0.3, 0.4) is 0 Å². The third kappa shape index (κ3) is 3.85. The fourth-order valence-electron chi connectivity index (χ4n) is 1.18. The lowest BCUT2D eigenvalue weighted by molar-refractivity contribution is 0.297. The molecule has 0 aromatic heterocycles. The minimum absolute atomic E-state index is 0.157. The highest BCUT2D eigenvalue weighted by Gasteiger charge is 2.25. The van der Waals surface area contributed by atoms with Crippen molar-refractivity contribution < 1.29 is 12.6 Å². The summed E-state index contributed by atoms with van der Waals surface area (Å²) in [6.45, 7) is 7.54. The third-order valence-corrected chi connectivity index (χ3v) is 4.01. The van der Waals surface area contributed by atoms with E-state index in [1.165, 1.54) is 4.99 Å². The Hall–Kier alpha value is -0.810. The van der Waals surface area contributed by atoms with Crippen molar-refractivity contribution in [3.05, 3.63) is 40.6 Å². The molecule has 100 valence electrons. The molecule has 1 rings (SSSR count). The average molecular weight is 333 g/mol. The topological polar surface area (TPSA) is 43.4 Å². The molecule has 0 bridgehead atoms. The molecule has 0 fully saturated rings. The van der Waals surface area contributed by atoms with Crippen LogP contribution >= 0.6 is 15.9 Å². The molecule has 0 saturated carbocycles. The average Bonchev–Trinajstić information content (AvgIpc) is 2.25. The first-order chi connectivity index (χ1) is 8.16. The van der Waals surface area contributed by atoms with Crippen LogP contribution in [0.4, 0.5) is 0 Å². The summed E-state index contributed by atoms with van der Waals surface area (Å²) < 4.78 is 29.3. The van der Waals surface area contributed by atoms with E-state index in [1.54, 1.807) is 24.3 Å². The largest absolute Gasteiger partial charge is 0.382 e. The molecule has 0 amide bonds. The Morgan fingerprint density at radius 2 is 1.72 bits per heavy atom. The van der Waals surface area contributed by atoms with Crippen molar-refractivity contribution in [2.45, 2.75) is 32.6 Å². The molecule has 0 N–H and O–H groups in total. The Morgan fingerprint density at radius 1 is 1.22 bits per heavy atom. The van der Waals surface area contributed by atoms with Gasteiger partial charge in [0.1, 0.15) is 10.7 Å². The van der Waals surface area contributed by atoms with Crippen LogP contribution < -0.4 is 0 Å². The third-order valence-electron chi connectivity index (χ3n) is 2.35. The molecule has 0 atom stereocenters. The smallest absolute Gasteiger partial charge is 0.338 e. The fraction of sp³-hybridized carbons (Fsp3) is 0.385. The molecule has 1 aromatic carbocycles. The van der Waals surface area contributed by atoms with Crippen LogP contribution in [0.1, 0.15) is 26.3 Å². The normalized spacial score (nSPS) is 13.5. The van der Waals surface area contributed by atoms with E-state index in [0.717, 1.165) is 5.56 Å². The van der Waals surface area contributed by atoms with Gasteiger partial charge in [0.05, 0.1) is 0 Å². The lowest BCUT2D eigenvalue weighted by Crippen LogP contribution is -2.16. The molecular weight excluding hydrogens is 316 g/mol. The molecule has 0 saturated heterocycles. The Balaban J connectivity index is 3.06. The SMILES string of the molecule is Cc1ccc(S(=O)(=O)O/C(=C/Br)C(C)(C)C)cc1. The zero-order chi connectivity index (χ0) is 14.0. The van der Waals surface area contributed by atoms with Crippen molar-refractivity contribution in [1.82, 2.24) is 0 Å². The highest BCUT2D eigenvalue weighted by Crippen LogP contribution is 2.30. The summed E-state index contributed by atoms with van der Waals surface area (Å²) >= 11 is 3.14. The first-order valence-electron chi connectivity index (χ1n) is 5.49. The molecule has 0 aliphatic carbocycles. The molecular formula is C13H17BrO3S. The molecule has 5 heteroatoms. The van der Waals surface area contributed by atoms with Crippen molar-refractivity contribution in [2.75, 3.05) is 0 Å². The van der Waals surface area contributed by atoms with Gasteiger partial charge in [-0.3, -0.25) is 0 Å². The van der Waals surface area contributed by atoms with Crippen LogP contribution in [0.5, 0.6) is 0 Å². The van der Waals surface area contributed by atoms with Crippen molar-refractivity contribution in [3.8, 4) is 0 Å². The Morgan fingerprint density at radius 3 is 2.11 bits per heavy atom. The predicted octanol–water partition coefficient (Wildman–Crippen LogP) is 3.98. The molecule has 0 aliphatic rings. The fourth-order valence-corrected chi connectivity index (χ4v) is 3.18. The lowest BCUT2D eigenvalue weighted by atomic mass is 9.95. The van der Waals surface area contributed by atoms with Gasteiger partial charge < -0.3 is 4.18 Å². The number of benzene rings is 1. The highest BCUT2D eigenvalue weighted by molar-refractivity contribution is 9.11. The maximum absolute atomic E-state index is 12.1. The van der Waals surface area contributed by atoms with Gasteiger partial charge in [-0.25, -0.2) is 0 Å². The summed E-state index contributed by atoms with van der Waals surface area (Å²) in [5.41, 5.74) is 0.613. The number of aryl methyl sites for hydroxylation is 1. The summed E-state index contributed by atoms with van der Waals surface area (Å²) in [7, 11) is -3.77. The van der Waals surface area contributed by atoms with Crippen LogP contribution in [0.15, 0.2) is 39.9 Å². The van der Waals surface area contributed by atoms with E-state index in [0.29, 0.717) is 5.76 Å². The van der Waals surface area contributed by atoms with Crippen LogP contribution in [0, 0.1) is 12.3 Å².